The molecule has 0 aliphatic carbocycles. The van der Waals surface area contributed by atoms with Gasteiger partial charge in [-0.05, 0) is 68.1 Å². The van der Waals surface area contributed by atoms with Gasteiger partial charge < -0.3 is 9.64 Å². The predicted octanol–water partition coefficient (Wildman–Crippen LogP) is 6.15. The largest absolute Gasteiger partial charge is 0.378 e. The number of rotatable bonds is 6. The van der Waals surface area contributed by atoms with E-state index >= 15 is 0 Å². The van der Waals surface area contributed by atoms with Crippen molar-refractivity contribution in [1.82, 2.24) is 9.36 Å². The van der Waals surface area contributed by atoms with Gasteiger partial charge in [-0.2, -0.15) is 19.6 Å². The van der Waals surface area contributed by atoms with Gasteiger partial charge in [0.15, 0.2) is 0 Å². The number of benzene rings is 2. The zero-order chi connectivity index (χ0) is 21.6. The third-order valence-corrected chi connectivity index (χ3v) is 5.35. The molecule has 31 heavy (non-hydrogen) atoms. The first-order valence-corrected chi connectivity index (χ1v) is 10.6. The first kappa shape index (κ1) is 20.9. The van der Waals surface area contributed by atoms with Crippen molar-refractivity contribution in [2.24, 2.45) is 25.4 Å². The van der Waals surface area contributed by atoms with Gasteiger partial charge in [0.1, 0.15) is 0 Å². The Morgan fingerprint density at radius 2 is 1.55 bits per heavy atom. The van der Waals surface area contributed by atoms with Crippen molar-refractivity contribution in [2.45, 2.75) is 13.8 Å². The number of aliphatic imine (C=N–C) groups is 1. The lowest BCUT2D eigenvalue weighted by Crippen LogP contribution is -2.36. The van der Waals surface area contributed by atoms with E-state index < -0.39 is 0 Å². The summed E-state index contributed by atoms with van der Waals surface area (Å²) < 4.78 is 9.73. The monoisotopic (exact) mass is 434 g/mol. The summed E-state index contributed by atoms with van der Waals surface area (Å²) in [6, 6.07) is 11.3. The van der Waals surface area contributed by atoms with E-state index in [0.717, 1.165) is 47.0 Å². The van der Waals surface area contributed by atoms with Gasteiger partial charge in [-0.15, -0.1) is 10.2 Å². The van der Waals surface area contributed by atoms with Crippen molar-refractivity contribution in [1.29, 1.82) is 0 Å². The van der Waals surface area contributed by atoms with E-state index in [1.54, 1.807) is 0 Å². The number of aromatic nitrogens is 2. The Balaban J connectivity index is 1.44. The molecular formula is C21H22N8OS. The number of nitrogens with zero attached hydrogens (tertiary/aromatic N) is 8. The molecule has 4 rings (SSSR count). The summed E-state index contributed by atoms with van der Waals surface area (Å²) in [6.45, 7) is 10.4. The van der Waals surface area contributed by atoms with Crippen molar-refractivity contribution < 1.29 is 4.74 Å². The van der Waals surface area contributed by atoms with E-state index in [2.05, 4.69) is 46.4 Å². The fourth-order valence-corrected chi connectivity index (χ4v) is 3.53. The van der Waals surface area contributed by atoms with E-state index in [4.69, 9.17) is 4.74 Å². The molecule has 1 aromatic heterocycles. The molecular weight excluding hydrogens is 412 g/mol. The normalized spacial score (nSPS) is 14.6. The molecule has 0 radical (unpaired) electrons. The molecule has 0 bridgehead atoms. The molecule has 0 atom stereocenters. The predicted molar refractivity (Wildman–Crippen MR) is 123 cm³/mol. The third-order valence-electron chi connectivity index (χ3n) is 4.76. The van der Waals surface area contributed by atoms with Gasteiger partial charge in [0.05, 0.1) is 36.0 Å². The Labute approximate surface area is 184 Å². The van der Waals surface area contributed by atoms with Crippen LogP contribution in [0.25, 0.3) is 0 Å². The minimum atomic E-state index is 0.526. The lowest BCUT2D eigenvalue weighted by molar-refractivity contribution is 0.122. The van der Waals surface area contributed by atoms with Gasteiger partial charge in [-0.3, -0.25) is 4.99 Å². The minimum Gasteiger partial charge on any atom is -0.378 e. The Hall–Kier alpha value is -3.37. The highest BCUT2D eigenvalue weighted by molar-refractivity contribution is 7.09. The average Bonchev–Trinajstić information content (AvgIpc) is 3.27. The van der Waals surface area contributed by atoms with Crippen LogP contribution in [0.3, 0.4) is 0 Å². The second kappa shape index (κ2) is 9.63. The molecule has 3 aromatic rings. The molecule has 0 unspecified atom stereocenters. The summed E-state index contributed by atoms with van der Waals surface area (Å²) in [4.78, 5) is 10.5. The molecule has 158 valence electrons. The van der Waals surface area contributed by atoms with Crippen LogP contribution in [-0.4, -0.2) is 42.4 Å². The quantitative estimate of drug-likeness (QED) is 0.343. The molecule has 1 saturated heterocycles. The number of anilines is 1. The lowest BCUT2D eigenvalue weighted by atomic mass is 10.2. The zero-order valence-electron chi connectivity index (χ0n) is 17.4. The molecule has 2 aromatic carbocycles. The highest BCUT2D eigenvalue weighted by Gasteiger charge is 2.15. The van der Waals surface area contributed by atoms with E-state index in [1.165, 1.54) is 11.5 Å². The molecule has 0 spiro atoms. The summed E-state index contributed by atoms with van der Waals surface area (Å²) in [5, 5.41) is 17.8. The van der Waals surface area contributed by atoms with Crippen LogP contribution >= 0.6 is 11.5 Å². The highest BCUT2D eigenvalue weighted by Crippen LogP contribution is 2.30. The number of aryl methyl sites for hydroxylation is 2. The first-order chi connectivity index (χ1) is 15.1. The van der Waals surface area contributed by atoms with E-state index in [9.17, 15) is 0 Å². The van der Waals surface area contributed by atoms with Crippen molar-refractivity contribution in [3.8, 4) is 0 Å². The SMILES string of the molecule is C=Nc1ccc(/N=N/c2ccc(/N=N/c3nc(N4CCOCC4)ns3)c(C)c2)c(C)c1. The maximum Gasteiger partial charge on any atom is 0.251 e. The molecule has 0 amide bonds. The second-order valence-electron chi connectivity index (χ2n) is 6.98. The minimum absolute atomic E-state index is 0.526. The van der Waals surface area contributed by atoms with Crippen LogP contribution in [0, 0.1) is 13.8 Å². The number of ether oxygens (including phenoxy) is 1. The van der Waals surface area contributed by atoms with Gasteiger partial charge in [0, 0.05) is 24.6 Å². The second-order valence-corrected chi connectivity index (χ2v) is 7.71. The first-order valence-electron chi connectivity index (χ1n) is 9.80. The molecule has 10 heteroatoms. The van der Waals surface area contributed by atoms with Crippen LogP contribution in [0.2, 0.25) is 0 Å². The van der Waals surface area contributed by atoms with Crippen LogP contribution in [0.5, 0.6) is 0 Å². The molecule has 1 aliphatic heterocycles. The smallest absolute Gasteiger partial charge is 0.251 e. The molecule has 0 saturated carbocycles. The molecule has 2 heterocycles. The summed E-state index contributed by atoms with van der Waals surface area (Å²) in [5.41, 5.74) is 5.04. The average molecular weight is 435 g/mol. The van der Waals surface area contributed by atoms with Crippen LogP contribution < -0.4 is 4.90 Å². The summed E-state index contributed by atoms with van der Waals surface area (Å²) in [6.07, 6.45) is 0. The Bertz CT molecular complexity index is 1130. The number of hydrogen-bond donors (Lipinski definition) is 0. The van der Waals surface area contributed by atoms with Crippen molar-refractivity contribution in [2.75, 3.05) is 31.2 Å². The molecule has 9 nitrogen and oxygen atoms in total. The van der Waals surface area contributed by atoms with Crippen molar-refractivity contribution >= 4 is 52.1 Å². The standard InChI is InChI=1S/C21H22N8OS/c1-14-12-16(22-3)4-6-18(14)25-24-17-5-7-19(15(2)13-17)26-27-21-23-20(28-31-21)29-8-10-30-11-9-29/h4-7,12-13H,3,8-11H2,1-2H3/b25-24+,27-26+. The van der Waals surface area contributed by atoms with Gasteiger partial charge >= 0.3 is 0 Å². The number of morpholine rings is 1. The summed E-state index contributed by atoms with van der Waals surface area (Å²) in [7, 11) is 0. The van der Waals surface area contributed by atoms with Crippen LogP contribution in [-0.2, 0) is 4.74 Å². The van der Waals surface area contributed by atoms with E-state index in [0.29, 0.717) is 24.3 Å². The fraction of sp³-hybridized carbons (Fsp3) is 0.286. The Morgan fingerprint density at radius 3 is 2.23 bits per heavy atom. The lowest BCUT2D eigenvalue weighted by Gasteiger charge is -2.25. The van der Waals surface area contributed by atoms with Crippen LogP contribution in [0.1, 0.15) is 11.1 Å². The number of hydrogen-bond acceptors (Lipinski definition) is 10. The van der Waals surface area contributed by atoms with Gasteiger partial charge in [0.25, 0.3) is 5.13 Å². The van der Waals surface area contributed by atoms with Gasteiger partial charge in [0.2, 0.25) is 5.95 Å². The molecule has 0 N–H and O–H groups in total. The molecule has 1 aliphatic rings. The van der Waals surface area contributed by atoms with Gasteiger partial charge in [-0.1, -0.05) is 0 Å². The zero-order valence-corrected chi connectivity index (χ0v) is 18.2. The van der Waals surface area contributed by atoms with Crippen molar-refractivity contribution in [3.63, 3.8) is 0 Å². The van der Waals surface area contributed by atoms with Crippen molar-refractivity contribution in [3.05, 3.63) is 47.5 Å². The topological polar surface area (TPSA) is 100 Å². The Kier molecular flexibility index (Phi) is 6.48. The fourth-order valence-electron chi connectivity index (χ4n) is 3.01. The highest BCUT2D eigenvalue weighted by atomic mass is 32.1. The van der Waals surface area contributed by atoms with E-state index in [1.807, 2.05) is 50.2 Å². The third kappa shape index (κ3) is 5.22. The Morgan fingerprint density at radius 1 is 0.903 bits per heavy atom. The summed E-state index contributed by atoms with van der Waals surface area (Å²) in [5.74, 6) is 0.682. The van der Waals surface area contributed by atoms with Crippen LogP contribution in [0.15, 0.2) is 61.8 Å². The maximum atomic E-state index is 5.36. The van der Waals surface area contributed by atoms with Crippen LogP contribution in [0.4, 0.5) is 33.8 Å². The van der Waals surface area contributed by atoms with Gasteiger partial charge in [-0.25, -0.2) is 0 Å². The molecule has 1 fully saturated rings. The van der Waals surface area contributed by atoms with E-state index in [-0.39, 0.29) is 0 Å². The number of azo groups is 2. The maximum absolute atomic E-state index is 5.36. The summed E-state index contributed by atoms with van der Waals surface area (Å²) >= 11 is 1.23.